The first-order valence-electron chi connectivity index (χ1n) is 4.11. The van der Waals surface area contributed by atoms with Crippen LogP contribution in [0.25, 0.3) is 11.2 Å². The molecule has 0 atom stereocenters. The molecule has 8 heteroatoms. The first-order valence-corrected chi connectivity index (χ1v) is 4.11. The van der Waals surface area contributed by atoms with Crippen molar-refractivity contribution in [3.8, 4) is 0 Å². The summed E-state index contributed by atoms with van der Waals surface area (Å²) in [6.45, 7) is 0. The van der Waals surface area contributed by atoms with Crippen LogP contribution in [0.15, 0.2) is 15.9 Å². The molecule has 16 heavy (non-hydrogen) atoms. The molecule has 0 saturated heterocycles. The van der Waals surface area contributed by atoms with E-state index >= 15 is 0 Å². The van der Waals surface area contributed by atoms with Crippen LogP contribution in [0, 0.1) is 0 Å². The van der Waals surface area contributed by atoms with Crippen molar-refractivity contribution in [3.63, 3.8) is 0 Å². The Morgan fingerprint density at radius 2 is 1.69 bits per heavy atom. The van der Waals surface area contributed by atoms with Crippen molar-refractivity contribution in [1.82, 2.24) is 18.7 Å². The molecule has 0 radical (unpaired) electrons. The molecule has 6 nitrogen and oxygen atoms in total. The van der Waals surface area contributed by atoms with E-state index in [0.29, 0.717) is 11.2 Å². The first-order chi connectivity index (χ1) is 6.54. The van der Waals surface area contributed by atoms with E-state index in [4.69, 9.17) is 0 Å². The van der Waals surface area contributed by atoms with Crippen molar-refractivity contribution in [2.45, 2.75) is 0 Å². The summed E-state index contributed by atoms with van der Waals surface area (Å²) in [6.07, 6.45) is 1.52. The number of hydrogen-bond donors (Lipinski definition) is 0. The van der Waals surface area contributed by atoms with Crippen LogP contribution < -0.4 is 79.6 Å². The van der Waals surface area contributed by atoms with Gasteiger partial charge in [0.1, 0.15) is 0 Å². The number of halogens is 1. The number of imidazole rings is 1. The zero-order valence-corrected chi connectivity index (χ0v) is 14.3. The number of nitrogens with zero attached hydrogens (tertiary/aromatic N) is 4. The Bertz CT molecular complexity index is 627. The standard InChI is InChI=1S/C8H10N4O2.BrH.K/c1-10-4-9-6-5(10)7(13)12(3)8(14)11(6)2;;/h4H,1-3H3;1H;/q;;+1/p-1. The monoisotopic (exact) mass is 312 g/mol. The molecule has 0 unspecified atom stereocenters. The van der Waals surface area contributed by atoms with Crippen LogP contribution in [0.1, 0.15) is 0 Å². The maximum absolute atomic E-state index is 11.7. The molecule has 82 valence electrons. The Kier molecular flexibility index (Phi) is 5.84. The summed E-state index contributed by atoms with van der Waals surface area (Å²) in [5, 5.41) is 0. The topological polar surface area (TPSA) is 61.8 Å². The zero-order chi connectivity index (χ0) is 10.5. The summed E-state index contributed by atoms with van der Waals surface area (Å²) in [5.41, 5.74) is 0.180. The van der Waals surface area contributed by atoms with Gasteiger partial charge in [0.25, 0.3) is 5.56 Å². The summed E-state index contributed by atoms with van der Waals surface area (Å²) in [4.78, 5) is 27.2. The molecule has 0 aromatic carbocycles. The van der Waals surface area contributed by atoms with Crippen LogP contribution in [0.4, 0.5) is 0 Å². The quantitative estimate of drug-likeness (QED) is 0.454. The minimum atomic E-state index is -0.360. The Balaban J connectivity index is 0.00000112. The van der Waals surface area contributed by atoms with Gasteiger partial charge in [0, 0.05) is 21.1 Å². The van der Waals surface area contributed by atoms with Crippen LogP contribution in [0.2, 0.25) is 0 Å². The molecular formula is C8H10BrKN4O2. The predicted octanol–water partition coefficient (Wildman–Crippen LogP) is -7.02. The van der Waals surface area contributed by atoms with Crippen LogP contribution in [-0.4, -0.2) is 18.7 Å². The van der Waals surface area contributed by atoms with E-state index in [-0.39, 0.29) is 79.6 Å². The summed E-state index contributed by atoms with van der Waals surface area (Å²) < 4.78 is 4.04. The molecule has 0 amide bonds. The third kappa shape index (κ3) is 2.27. The van der Waals surface area contributed by atoms with Gasteiger partial charge >= 0.3 is 57.1 Å². The molecule has 2 rings (SSSR count). The predicted molar refractivity (Wildman–Crippen MR) is 51.2 cm³/mol. The Hall–Kier alpha value is 0.266. The summed E-state index contributed by atoms with van der Waals surface area (Å²) in [6, 6.07) is 0. The average Bonchev–Trinajstić information content (AvgIpc) is 2.54. The van der Waals surface area contributed by atoms with E-state index < -0.39 is 0 Å². The molecule has 2 aromatic heterocycles. The van der Waals surface area contributed by atoms with Crippen molar-refractivity contribution >= 4 is 11.2 Å². The minimum Gasteiger partial charge on any atom is -1.00 e. The largest absolute Gasteiger partial charge is 1.00 e. The van der Waals surface area contributed by atoms with Crippen LogP contribution in [0.3, 0.4) is 0 Å². The van der Waals surface area contributed by atoms with Crippen molar-refractivity contribution in [3.05, 3.63) is 27.2 Å². The molecule has 2 heterocycles. The molecule has 0 saturated carbocycles. The zero-order valence-electron chi connectivity index (χ0n) is 9.56. The number of fused-ring (bicyclic) bond motifs is 1. The molecule has 0 aliphatic carbocycles. The van der Waals surface area contributed by atoms with Crippen molar-refractivity contribution < 1.29 is 68.4 Å². The molecule has 0 N–H and O–H groups in total. The van der Waals surface area contributed by atoms with Crippen molar-refractivity contribution in [2.75, 3.05) is 0 Å². The van der Waals surface area contributed by atoms with Crippen molar-refractivity contribution in [2.24, 2.45) is 21.1 Å². The molecule has 0 aliphatic heterocycles. The second kappa shape index (κ2) is 5.74. The SMILES string of the molecule is Cn1c(=O)c2c(ncn2C)n(C)c1=O.[Br-].[K+]. The second-order valence-corrected chi connectivity index (χ2v) is 3.23. The summed E-state index contributed by atoms with van der Waals surface area (Å²) >= 11 is 0. The fraction of sp³-hybridized carbons (Fsp3) is 0.375. The van der Waals surface area contributed by atoms with Gasteiger partial charge < -0.3 is 21.5 Å². The number of aromatic nitrogens is 4. The maximum atomic E-state index is 11.7. The van der Waals surface area contributed by atoms with E-state index in [9.17, 15) is 9.59 Å². The van der Waals surface area contributed by atoms with E-state index in [0.717, 1.165) is 4.57 Å². The Labute approximate surface area is 144 Å². The molecule has 0 fully saturated rings. The molecular weight excluding hydrogens is 303 g/mol. The fourth-order valence-corrected chi connectivity index (χ4v) is 1.47. The Morgan fingerprint density at radius 3 is 2.25 bits per heavy atom. The maximum Gasteiger partial charge on any atom is 1.00 e. The summed E-state index contributed by atoms with van der Waals surface area (Å²) in [7, 11) is 4.77. The third-order valence-electron chi connectivity index (χ3n) is 2.32. The van der Waals surface area contributed by atoms with E-state index in [1.165, 1.54) is 17.9 Å². The van der Waals surface area contributed by atoms with Gasteiger partial charge in [0.05, 0.1) is 6.33 Å². The van der Waals surface area contributed by atoms with E-state index in [1.54, 1.807) is 18.7 Å². The Morgan fingerprint density at radius 1 is 1.12 bits per heavy atom. The number of aryl methyl sites for hydroxylation is 2. The van der Waals surface area contributed by atoms with E-state index in [2.05, 4.69) is 4.98 Å². The van der Waals surface area contributed by atoms with Crippen LogP contribution >= 0.6 is 0 Å². The van der Waals surface area contributed by atoms with Crippen LogP contribution in [0.5, 0.6) is 0 Å². The third-order valence-corrected chi connectivity index (χ3v) is 2.32. The first kappa shape index (κ1) is 16.3. The second-order valence-electron chi connectivity index (χ2n) is 3.23. The molecule has 0 aliphatic rings. The van der Waals surface area contributed by atoms with Gasteiger partial charge in [-0.3, -0.25) is 13.9 Å². The van der Waals surface area contributed by atoms with Gasteiger partial charge in [0.15, 0.2) is 11.2 Å². The number of hydrogen-bond acceptors (Lipinski definition) is 3. The molecule has 2 aromatic rings. The van der Waals surface area contributed by atoms with E-state index in [1.807, 2.05) is 0 Å². The average molecular weight is 313 g/mol. The van der Waals surface area contributed by atoms with Gasteiger partial charge in [-0.25, -0.2) is 9.78 Å². The van der Waals surface area contributed by atoms with Crippen molar-refractivity contribution in [1.29, 1.82) is 0 Å². The van der Waals surface area contributed by atoms with Gasteiger partial charge in [-0.05, 0) is 0 Å². The minimum absolute atomic E-state index is 0. The smallest absolute Gasteiger partial charge is 1.00 e. The fourth-order valence-electron chi connectivity index (χ4n) is 1.47. The van der Waals surface area contributed by atoms with Gasteiger partial charge in [-0.15, -0.1) is 0 Å². The van der Waals surface area contributed by atoms with Crippen LogP contribution in [-0.2, 0) is 21.1 Å². The molecule has 0 bridgehead atoms. The normalized spacial score (nSPS) is 9.69. The summed E-state index contributed by atoms with van der Waals surface area (Å²) in [5.74, 6) is 0. The number of rotatable bonds is 0. The van der Waals surface area contributed by atoms with Gasteiger partial charge in [-0.1, -0.05) is 0 Å². The molecule has 0 spiro atoms. The van der Waals surface area contributed by atoms with Gasteiger partial charge in [-0.2, -0.15) is 0 Å². The van der Waals surface area contributed by atoms with Gasteiger partial charge in [0.2, 0.25) is 0 Å².